The number of carbonyl (C=O) groups is 1. The van der Waals surface area contributed by atoms with E-state index in [-0.39, 0.29) is 18.0 Å². The van der Waals surface area contributed by atoms with Gasteiger partial charge in [0, 0.05) is 6.42 Å². The quantitative estimate of drug-likeness (QED) is 0.605. The largest absolute Gasteiger partial charge is 0.489 e. The molecule has 0 amide bonds. The van der Waals surface area contributed by atoms with Crippen LogP contribution in [0.25, 0.3) is 0 Å². The van der Waals surface area contributed by atoms with Crippen LogP contribution in [0.5, 0.6) is 5.75 Å². The summed E-state index contributed by atoms with van der Waals surface area (Å²) in [7, 11) is 1.29. The summed E-state index contributed by atoms with van der Waals surface area (Å²) in [5.74, 6) is 1.04. The summed E-state index contributed by atoms with van der Waals surface area (Å²) in [4.78, 5) is 28.3. The van der Waals surface area contributed by atoms with Crippen LogP contribution in [-0.4, -0.2) is 34.2 Å². The SMILES string of the molecule is C#CCC(Nc1nc[nH]c(=O)c1OC)C(=O)O. The fourth-order valence-electron chi connectivity index (χ4n) is 1.16. The van der Waals surface area contributed by atoms with Crippen LogP contribution in [0.4, 0.5) is 5.82 Å². The van der Waals surface area contributed by atoms with Gasteiger partial charge in [-0.1, -0.05) is 0 Å². The summed E-state index contributed by atoms with van der Waals surface area (Å²) < 4.78 is 4.82. The number of nitrogens with zero attached hydrogens (tertiary/aromatic N) is 1. The van der Waals surface area contributed by atoms with E-state index in [1.165, 1.54) is 7.11 Å². The first kappa shape index (κ1) is 12.6. The van der Waals surface area contributed by atoms with E-state index in [4.69, 9.17) is 16.3 Å². The maximum Gasteiger partial charge on any atom is 0.327 e. The van der Waals surface area contributed by atoms with E-state index in [1.54, 1.807) is 0 Å². The van der Waals surface area contributed by atoms with Gasteiger partial charge in [0.1, 0.15) is 6.04 Å². The number of rotatable bonds is 5. The number of aromatic amines is 1. The predicted octanol–water partition coefficient (Wildman–Crippen LogP) is -0.333. The molecule has 0 aliphatic heterocycles. The highest BCUT2D eigenvalue weighted by Crippen LogP contribution is 2.16. The Balaban J connectivity index is 3.01. The fourth-order valence-corrected chi connectivity index (χ4v) is 1.16. The molecule has 0 bridgehead atoms. The van der Waals surface area contributed by atoms with Gasteiger partial charge in [0.2, 0.25) is 5.75 Å². The molecule has 1 atom stereocenters. The standard InChI is InChI=1S/C10H11N3O4/c1-3-4-6(10(15)16)13-8-7(17-2)9(14)12-5-11-8/h1,5-6H,4H2,2H3,(H,15,16)(H2,11,12,13,14). The minimum absolute atomic E-state index is 0.0348. The fraction of sp³-hybridized carbons (Fsp3) is 0.300. The minimum Gasteiger partial charge on any atom is -0.489 e. The van der Waals surface area contributed by atoms with Crippen LogP contribution >= 0.6 is 0 Å². The van der Waals surface area contributed by atoms with Crippen LogP contribution in [0.15, 0.2) is 11.1 Å². The number of methoxy groups -OCH3 is 1. The molecule has 0 radical (unpaired) electrons. The lowest BCUT2D eigenvalue weighted by Crippen LogP contribution is -2.30. The van der Waals surface area contributed by atoms with Crippen molar-refractivity contribution in [2.45, 2.75) is 12.5 Å². The van der Waals surface area contributed by atoms with Gasteiger partial charge in [0.25, 0.3) is 5.56 Å². The van der Waals surface area contributed by atoms with Gasteiger partial charge in [-0.05, 0) is 0 Å². The molecule has 17 heavy (non-hydrogen) atoms. The Bertz CT molecular complexity index is 503. The lowest BCUT2D eigenvalue weighted by Gasteiger charge is -2.13. The minimum atomic E-state index is -1.13. The number of ether oxygens (including phenoxy) is 1. The van der Waals surface area contributed by atoms with Gasteiger partial charge in [-0.15, -0.1) is 12.3 Å². The number of anilines is 1. The average Bonchev–Trinajstić information content (AvgIpc) is 2.28. The Labute approximate surface area is 96.8 Å². The maximum absolute atomic E-state index is 11.3. The zero-order valence-corrected chi connectivity index (χ0v) is 9.06. The second-order valence-corrected chi connectivity index (χ2v) is 3.06. The molecule has 1 heterocycles. The molecule has 1 aromatic heterocycles. The molecule has 3 N–H and O–H groups in total. The summed E-state index contributed by atoms with van der Waals surface area (Å²) in [6.45, 7) is 0. The Hall–Kier alpha value is -2.49. The second kappa shape index (κ2) is 5.55. The third kappa shape index (κ3) is 2.98. The van der Waals surface area contributed by atoms with Crippen molar-refractivity contribution in [1.82, 2.24) is 9.97 Å². The lowest BCUT2D eigenvalue weighted by atomic mass is 10.2. The number of aromatic nitrogens is 2. The van der Waals surface area contributed by atoms with Gasteiger partial charge in [-0.3, -0.25) is 4.79 Å². The number of aliphatic carboxylic acids is 1. The topological polar surface area (TPSA) is 104 Å². The zero-order chi connectivity index (χ0) is 12.8. The highest BCUT2D eigenvalue weighted by Gasteiger charge is 2.19. The number of carboxylic acids is 1. The third-order valence-corrected chi connectivity index (χ3v) is 1.95. The second-order valence-electron chi connectivity index (χ2n) is 3.06. The molecular formula is C10H11N3O4. The van der Waals surface area contributed by atoms with E-state index in [1.807, 2.05) is 0 Å². The van der Waals surface area contributed by atoms with Crippen molar-refractivity contribution in [3.8, 4) is 18.1 Å². The number of terminal acetylenes is 1. The van der Waals surface area contributed by atoms with Crippen molar-refractivity contribution in [2.24, 2.45) is 0 Å². The maximum atomic E-state index is 11.3. The molecule has 7 nitrogen and oxygen atoms in total. The molecule has 0 saturated heterocycles. The normalized spacial score (nSPS) is 11.3. The predicted molar refractivity (Wildman–Crippen MR) is 59.9 cm³/mol. The van der Waals surface area contributed by atoms with Crippen LogP contribution in [0.3, 0.4) is 0 Å². The van der Waals surface area contributed by atoms with Crippen molar-refractivity contribution >= 4 is 11.8 Å². The first-order chi connectivity index (χ1) is 8.10. The Morgan fingerprint density at radius 1 is 1.82 bits per heavy atom. The number of hydrogen-bond acceptors (Lipinski definition) is 5. The van der Waals surface area contributed by atoms with Gasteiger partial charge in [-0.2, -0.15) is 0 Å². The Morgan fingerprint density at radius 3 is 3.06 bits per heavy atom. The van der Waals surface area contributed by atoms with E-state index >= 15 is 0 Å². The van der Waals surface area contributed by atoms with Crippen LogP contribution in [0, 0.1) is 12.3 Å². The average molecular weight is 237 g/mol. The van der Waals surface area contributed by atoms with Gasteiger partial charge < -0.3 is 20.1 Å². The summed E-state index contributed by atoms with van der Waals surface area (Å²) in [5.41, 5.74) is -0.505. The van der Waals surface area contributed by atoms with Crippen molar-refractivity contribution < 1.29 is 14.6 Å². The molecule has 1 rings (SSSR count). The van der Waals surface area contributed by atoms with Gasteiger partial charge in [0.15, 0.2) is 5.82 Å². The zero-order valence-electron chi connectivity index (χ0n) is 9.06. The molecule has 0 fully saturated rings. The highest BCUT2D eigenvalue weighted by atomic mass is 16.5. The Morgan fingerprint density at radius 2 is 2.53 bits per heavy atom. The number of hydrogen-bond donors (Lipinski definition) is 3. The molecule has 1 aromatic rings. The van der Waals surface area contributed by atoms with E-state index in [2.05, 4.69) is 21.2 Å². The Kier molecular flexibility index (Phi) is 4.11. The van der Waals surface area contributed by atoms with Crippen LogP contribution in [0.1, 0.15) is 6.42 Å². The summed E-state index contributed by atoms with van der Waals surface area (Å²) in [6, 6.07) is -1.02. The molecule has 0 aliphatic rings. The van der Waals surface area contributed by atoms with Crippen molar-refractivity contribution in [2.75, 3.05) is 12.4 Å². The molecule has 7 heteroatoms. The first-order valence-electron chi connectivity index (χ1n) is 4.64. The van der Waals surface area contributed by atoms with Crippen LogP contribution < -0.4 is 15.6 Å². The van der Waals surface area contributed by atoms with Gasteiger partial charge >= 0.3 is 5.97 Å². The first-order valence-corrected chi connectivity index (χ1v) is 4.64. The molecular weight excluding hydrogens is 226 g/mol. The van der Waals surface area contributed by atoms with Crippen LogP contribution in [0.2, 0.25) is 0 Å². The summed E-state index contributed by atoms with van der Waals surface area (Å²) in [6.07, 6.45) is 6.15. The van der Waals surface area contributed by atoms with E-state index in [0.717, 1.165) is 6.33 Å². The highest BCUT2D eigenvalue weighted by molar-refractivity contribution is 5.77. The third-order valence-electron chi connectivity index (χ3n) is 1.95. The number of carboxylic acid groups (broad SMARTS) is 1. The van der Waals surface area contributed by atoms with E-state index in [9.17, 15) is 9.59 Å². The van der Waals surface area contributed by atoms with E-state index < -0.39 is 17.6 Å². The molecule has 0 saturated carbocycles. The molecule has 0 aromatic carbocycles. The van der Waals surface area contributed by atoms with Crippen molar-refractivity contribution in [1.29, 1.82) is 0 Å². The molecule has 90 valence electrons. The molecule has 0 spiro atoms. The number of nitrogens with one attached hydrogen (secondary N) is 2. The molecule has 0 aliphatic carbocycles. The van der Waals surface area contributed by atoms with Crippen LogP contribution in [-0.2, 0) is 4.79 Å². The molecule has 1 unspecified atom stereocenters. The van der Waals surface area contributed by atoms with E-state index in [0.29, 0.717) is 0 Å². The van der Waals surface area contributed by atoms with Crippen molar-refractivity contribution in [3.63, 3.8) is 0 Å². The van der Waals surface area contributed by atoms with Gasteiger partial charge in [0.05, 0.1) is 13.4 Å². The monoisotopic (exact) mass is 237 g/mol. The summed E-state index contributed by atoms with van der Waals surface area (Å²) >= 11 is 0. The smallest absolute Gasteiger partial charge is 0.327 e. The van der Waals surface area contributed by atoms with Gasteiger partial charge in [-0.25, -0.2) is 9.78 Å². The lowest BCUT2D eigenvalue weighted by molar-refractivity contribution is -0.137. The number of H-pyrrole nitrogens is 1. The van der Waals surface area contributed by atoms with Crippen molar-refractivity contribution in [3.05, 3.63) is 16.7 Å². The summed E-state index contributed by atoms with van der Waals surface area (Å²) in [5, 5.41) is 11.4.